The highest BCUT2D eigenvalue weighted by molar-refractivity contribution is 7.49. The zero-order valence-electron chi connectivity index (χ0n) is 14.9. The van der Waals surface area contributed by atoms with Gasteiger partial charge in [0, 0.05) is 7.05 Å². The minimum absolute atomic E-state index is 0.0528. The van der Waals surface area contributed by atoms with Gasteiger partial charge in [0.05, 0.1) is 13.2 Å². The van der Waals surface area contributed by atoms with Crippen molar-refractivity contribution in [1.29, 1.82) is 5.41 Å². The molecule has 144 valence electrons. The number of nitrogens with one attached hydrogen (secondary N) is 1. The van der Waals surface area contributed by atoms with Crippen LogP contribution in [0.3, 0.4) is 0 Å². The zero-order chi connectivity index (χ0) is 19.7. The lowest BCUT2D eigenvalue weighted by Crippen LogP contribution is -2.37. The Labute approximate surface area is 158 Å². The van der Waals surface area contributed by atoms with E-state index in [0.29, 0.717) is 0 Å². The molecule has 0 aliphatic heterocycles. The van der Waals surface area contributed by atoms with Crippen molar-refractivity contribution in [1.82, 2.24) is 4.90 Å². The molecule has 3 N–H and O–H groups in total. The Morgan fingerprint density at radius 2 is 1.44 bits per heavy atom. The lowest BCUT2D eigenvalue weighted by atomic mass is 10.2. The van der Waals surface area contributed by atoms with Gasteiger partial charge in [-0.05, 0) is 11.1 Å². The van der Waals surface area contributed by atoms with Gasteiger partial charge < -0.3 is 15.2 Å². The van der Waals surface area contributed by atoms with E-state index in [1.807, 2.05) is 36.4 Å². The van der Waals surface area contributed by atoms with Crippen LogP contribution in [0.25, 0.3) is 0 Å². The second-order valence-corrected chi connectivity index (χ2v) is 7.26. The number of likely N-dealkylation sites (N-methyl/N-ethyl adjacent to an activating group) is 1. The van der Waals surface area contributed by atoms with Gasteiger partial charge in [0.25, 0.3) is 0 Å². The Morgan fingerprint density at radius 1 is 1.00 bits per heavy atom. The number of hydrogen-bond acceptors (Lipinski definition) is 6. The molecule has 2 rings (SSSR count). The Bertz CT molecular complexity index is 754. The summed E-state index contributed by atoms with van der Waals surface area (Å²) in [6, 6.07) is 18.0. The van der Waals surface area contributed by atoms with E-state index in [2.05, 4.69) is 0 Å². The van der Waals surface area contributed by atoms with Crippen molar-refractivity contribution in [2.24, 2.45) is 5.73 Å². The summed E-state index contributed by atoms with van der Waals surface area (Å²) in [6.45, 7) is -0.464. The number of rotatable bonds is 9. The average Bonchev–Trinajstić information content (AvgIpc) is 2.66. The van der Waals surface area contributed by atoms with Crippen molar-refractivity contribution in [2.45, 2.75) is 13.2 Å². The SMILES string of the molecule is CN(CC(=O)OP(=O)(OCc1ccccc1)OCc1ccccc1)C(=N)N. The molecule has 0 saturated heterocycles. The van der Waals surface area contributed by atoms with E-state index in [0.717, 1.165) is 16.0 Å². The maximum atomic E-state index is 12.9. The Kier molecular flexibility index (Phi) is 7.55. The van der Waals surface area contributed by atoms with E-state index in [-0.39, 0.29) is 25.7 Å². The van der Waals surface area contributed by atoms with Crippen LogP contribution in [0.4, 0.5) is 0 Å². The van der Waals surface area contributed by atoms with Crippen LogP contribution in [0.1, 0.15) is 11.1 Å². The summed E-state index contributed by atoms with van der Waals surface area (Å²) in [4.78, 5) is 13.2. The molecule has 0 aliphatic rings. The molecule has 0 heterocycles. The summed E-state index contributed by atoms with van der Waals surface area (Å²) < 4.78 is 28.6. The summed E-state index contributed by atoms with van der Waals surface area (Å²) in [7, 11) is -2.75. The second kappa shape index (κ2) is 9.87. The number of hydrogen-bond donors (Lipinski definition) is 2. The van der Waals surface area contributed by atoms with E-state index in [1.54, 1.807) is 24.3 Å². The van der Waals surface area contributed by atoms with E-state index in [4.69, 9.17) is 24.7 Å². The van der Waals surface area contributed by atoms with Crippen molar-refractivity contribution in [2.75, 3.05) is 13.6 Å². The summed E-state index contributed by atoms with van der Waals surface area (Å²) in [5, 5.41) is 7.28. The van der Waals surface area contributed by atoms with Crippen molar-refractivity contribution in [3.63, 3.8) is 0 Å². The quantitative estimate of drug-likeness (QED) is 0.384. The molecule has 0 aromatic heterocycles. The van der Waals surface area contributed by atoms with Crippen molar-refractivity contribution in [3.05, 3.63) is 71.8 Å². The van der Waals surface area contributed by atoms with Gasteiger partial charge in [0.1, 0.15) is 6.54 Å². The van der Waals surface area contributed by atoms with Crippen LogP contribution in [0.2, 0.25) is 0 Å². The highest BCUT2D eigenvalue weighted by Gasteiger charge is 2.32. The van der Waals surface area contributed by atoms with E-state index < -0.39 is 13.8 Å². The molecule has 0 spiro atoms. The smallest absolute Gasteiger partial charge is 0.370 e. The van der Waals surface area contributed by atoms with E-state index >= 15 is 0 Å². The predicted octanol–water partition coefficient (Wildman–Crippen LogP) is 2.90. The van der Waals surface area contributed by atoms with Gasteiger partial charge in [-0.25, -0.2) is 9.36 Å². The lowest BCUT2D eigenvalue weighted by Gasteiger charge is -2.20. The van der Waals surface area contributed by atoms with Crippen LogP contribution in [0, 0.1) is 5.41 Å². The Balaban J connectivity index is 2.05. The number of carbonyl (C=O) groups excluding carboxylic acids is 1. The molecule has 27 heavy (non-hydrogen) atoms. The Hall–Kier alpha value is -2.67. The molecule has 0 aliphatic carbocycles. The molecule has 9 heteroatoms. The van der Waals surface area contributed by atoms with Crippen LogP contribution in [-0.4, -0.2) is 30.4 Å². The molecule has 0 unspecified atom stereocenters. The second-order valence-electron chi connectivity index (χ2n) is 5.67. The van der Waals surface area contributed by atoms with Crippen LogP contribution in [-0.2, 0) is 36.1 Å². The first-order chi connectivity index (χ1) is 12.9. The lowest BCUT2D eigenvalue weighted by molar-refractivity contribution is -0.136. The van der Waals surface area contributed by atoms with Crippen LogP contribution >= 0.6 is 7.82 Å². The minimum atomic E-state index is -4.18. The normalized spacial score (nSPS) is 11.0. The fourth-order valence-corrected chi connectivity index (χ4v) is 3.08. The van der Waals surface area contributed by atoms with Crippen LogP contribution < -0.4 is 5.73 Å². The molecule has 0 atom stereocenters. The molecule has 0 saturated carbocycles. The summed E-state index contributed by atoms with van der Waals surface area (Å²) in [5.41, 5.74) is 6.78. The molecule has 0 radical (unpaired) electrons. The van der Waals surface area contributed by atoms with Crippen molar-refractivity contribution < 1.29 is 22.9 Å². The molecule has 2 aromatic rings. The maximum Gasteiger partial charge on any atom is 0.532 e. The molecule has 0 fully saturated rings. The standard InChI is InChI=1S/C18H22N3O5P/c1-21(18(19)20)12-17(22)26-27(23,24-13-15-8-4-2-5-9-15)25-14-16-10-6-3-7-11-16/h2-11H,12-14H2,1H3,(H3,19,20). The minimum Gasteiger partial charge on any atom is -0.370 e. The molecule has 8 nitrogen and oxygen atoms in total. The summed E-state index contributed by atoms with van der Waals surface area (Å²) >= 11 is 0. The molecule has 0 bridgehead atoms. The van der Waals surface area contributed by atoms with Crippen molar-refractivity contribution in [3.8, 4) is 0 Å². The monoisotopic (exact) mass is 391 g/mol. The van der Waals surface area contributed by atoms with Crippen LogP contribution in [0.15, 0.2) is 60.7 Å². The van der Waals surface area contributed by atoms with Gasteiger partial charge in [-0.2, -0.15) is 0 Å². The third kappa shape index (κ3) is 7.22. The fraction of sp³-hybridized carbons (Fsp3) is 0.222. The first-order valence-electron chi connectivity index (χ1n) is 8.12. The Morgan fingerprint density at radius 3 is 1.85 bits per heavy atom. The zero-order valence-corrected chi connectivity index (χ0v) is 15.8. The number of phosphoric ester groups is 1. The van der Waals surface area contributed by atoms with Gasteiger partial charge in [-0.1, -0.05) is 60.7 Å². The topological polar surface area (TPSA) is 115 Å². The number of nitrogens with two attached hydrogens (primary N) is 1. The fourth-order valence-electron chi connectivity index (χ4n) is 1.98. The highest BCUT2D eigenvalue weighted by Crippen LogP contribution is 2.51. The number of benzene rings is 2. The average molecular weight is 391 g/mol. The third-order valence-corrected chi connectivity index (χ3v) is 4.77. The summed E-state index contributed by atoms with van der Waals surface area (Å²) in [6.07, 6.45) is 0. The maximum absolute atomic E-state index is 12.9. The first kappa shape index (κ1) is 20.6. The van der Waals surface area contributed by atoms with Gasteiger partial charge in [0.2, 0.25) is 0 Å². The number of phosphoric acid groups is 1. The van der Waals surface area contributed by atoms with Gasteiger partial charge in [-0.3, -0.25) is 14.5 Å². The third-order valence-electron chi connectivity index (χ3n) is 3.46. The van der Waals surface area contributed by atoms with Crippen molar-refractivity contribution >= 4 is 19.8 Å². The first-order valence-corrected chi connectivity index (χ1v) is 9.58. The van der Waals surface area contributed by atoms with Crippen LogP contribution in [0.5, 0.6) is 0 Å². The van der Waals surface area contributed by atoms with E-state index in [1.165, 1.54) is 7.05 Å². The molecule has 0 amide bonds. The predicted molar refractivity (Wildman–Crippen MR) is 101 cm³/mol. The van der Waals surface area contributed by atoms with E-state index in [9.17, 15) is 9.36 Å². The molecular weight excluding hydrogens is 369 g/mol. The largest absolute Gasteiger partial charge is 0.532 e. The molecule has 2 aromatic carbocycles. The van der Waals surface area contributed by atoms with Gasteiger partial charge in [-0.15, -0.1) is 0 Å². The number of nitrogens with zero attached hydrogens (tertiary/aromatic N) is 1. The number of guanidine groups is 1. The number of carbonyl (C=O) groups is 1. The van der Waals surface area contributed by atoms with Gasteiger partial charge in [0.15, 0.2) is 5.96 Å². The highest BCUT2D eigenvalue weighted by atomic mass is 31.2. The summed E-state index contributed by atoms with van der Waals surface area (Å²) in [5.74, 6) is -1.20. The van der Waals surface area contributed by atoms with Gasteiger partial charge >= 0.3 is 13.8 Å². The molecular formula is C18H22N3O5P.